The topological polar surface area (TPSA) is 22.1 Å². The Hall–Kier alpha value is -1.41. The van der Waals surface area contributed by atoms with Gasteiger partial charge in [0.25, 0.3) is 0 Å². The van der Waals surface area contributed by atoms with Crippen molar-refractivity contribution in [3.63, 3.8) is 0 Å². The van der Waals surface area contributed by atoms with E-state index in [0.717, 1.165) is 37.1 Å². The van der Waals surface area contributed by atoms with Gasteiger partial charge in [-0.1, -0.05) is 33.8 Å². The summed E-state index contributed by atoms with van der Waals surface area (Å²) in [6, 6.07) is 9.14. The van der Waals surface area contributed by atoms with Gasteiger partial charge in [0, 0.05) is 17.7 Å². The molecule has 1 fully saturated rings. The van der Waals surface area contributed by atoms with Crippen LogP contribution >= 0.6 is 0 Å². The normalized spacial score (nSPS) is 28.2. The number of aryl methyl sites for hydroxylation is 2. The Balaban J connectivity index is 2.10. The van der Waals surface area contributed by atoms with E-state index in [-0.39, 0.29) is 5.41 Å². The van der Waals surface area contributed by atoms with Gasteiger partial charge in [-0.25, -0.2) is 0 Å². The van der Waals surface area contributed by atoms with E-state index in [1.54, 1.807) is 0 Å². The Bertz CT molecular complexity index is 708. The fourth-order valence-corrected chi connectivity index (χ4v) is 4.17. The average Bonchev–Trinajstić information content (AvgIpc) is 2.56. The molecule has 0 amide bonds. The van der Waals surface area contributed by atoms with E-state index < -0.39 is 0 Å². The van der Waals surface area contributed by atoms with E-state index in [1.165, 1.54) is 16.5 Å². The second kappa shape index (κ2) is 6.24. The molecule has 0 aliphatic carbocycles. The molecule has 1 aromatic carbocycles. The predicted molar refractivity (Wildman–Crippen MR) is 97.0 cm³/mol. The van der Waals surface area contributed by atoms with Crippen LogP contribution in [0.5, 0.6) is 0 Å². The van der Waals surface area contributed by atoms with E-state index in [4.69, 9.17) is 9.72 Å². The molecule has 1 aliphatic heterocycles. The van der Waals surface area contributed by atoms with E-state index in [2.05, 4.69) is 58.9 Å². The van der Waals surface area contributed by atoms with Crippen molar-refractivity contribution in [2.45, 2.75) is 65.4 Å². The monoisotopic (exact) mass is 311 g/mol. The highest BCUT2D eigenvalue weighted by Gasteiger charge is 2.40. The molecule has 1 aromatic heterocycles. The molecule has 0 bridgehead atoms. The van der Waals surface area contributed by atoms with Crippen LogP contribution < -0.4 is 0 Å². The summed E-state index contributed by atoms with van der Waals surface area (Å²) in [7, 11) is 0. The van der Waals surface area contributed by atoms with Crippen molar-refractivity contribution in [3.05, 3.63) is 41.1 Å². The molecule has 124 valence electrons. The number of fused-ring (bicyclic) bond motifs is 1. The summed E-state index contributed by atoms with van der Waals surface area (Å²) in [5.41, 5.74) is 5.27. The molecular formula is C21H29NO. The Morgan fingerprint density at radius 3 is 2.74 bits per heavy atom. The van der Waals surface area contributed by atoms with Crippen molar-refractivity contribution in [2.75, 3.05) is 6.61 Å². The third kappa shape index (κ3) is 2.78. The minimum absolute atomic E-state index is 0.184. The maximum atomic E-state index is 5.99. The highest BCUT2D eigenvalue weighted by molar-refractivity contribution is 5.83. The second-order valence-corrected chi connectivity index (χ2v) is 7.28. The van der Waals surface area contributed by atoms with Crippen LogP contribution in [0.2, 0.25) is 0 Å². The quantitative estimate of drug-likeness (QED) is 0.777. The number of aromatic nitrogens is 1. The summed E-state index contributed by atoms with van der Waals surface area (Å²) >= 11 is 0. The van der Waals surface area contributed by atoms with Crippen molar-refractivity contribution in [1.29, 1.82) is 0 Å². The second-order valence-electron chi connectivity index (χ2n) is 7.28. The van der Waals surface area contributed by atoms with Gasteiger partial charge < -0.3 is 4.74 Å². The largest absolute Gasteiger partial charge is 0.378 e. The summed E-state index contributed by atoms with van der Waals surface area (Å²) in [5, 5.41) is 1.32. The molecule has 2 heterocycles. The summed E-state index contributed by atoms with van der Waals surface area (Å²) < 4.78 is 5.99. The number of pyridine rings is 1. The third-order valence-electron chi connectivity index (χ3n) is 5.98. The Kier molecular flexibility index (Phi) is 4.46. The number of benzene rings is 1. The maximum absolute atomic E-state index is 5.99. The molecule has 3 unspecified atom stereocenters. The molecule has 0 spiro atoms. The van der Waals surface area contributed by atoms with Crippen LogP contribution in [0, 0.1) is 12.8 Å². The van der Waals surface area contributed by atoms with E-state index in [9.17, 15) is 0 Å². The lowest BCUT2D eigenvalue weighted by molar-refractivity contribution is -0.0608. The number of ether oxygens (including phenoxy) is 1. The van der Waals surface area contributed by atoms with Crippen LogP contribution in [0.3, 0.4) is 0 Å². The van der Waals surface area contributed by atoms with Gasteiger partial charge in [-0.05, 0) is 66.8 Å². The first-order valence-electron chi connectivity index (χ1n) is 9.02. The lowest BCUT2D eigenvalue weighted by Gasteiger charge is -2.45. The van der Waals surface area contributed by atoms with Crippen LogP contribution in [0.1, 0.15) is 57.4 Å². The number of hydrogen-bond donors (Lipinski definition) is 0. The van der Waals surface area contributed by atoms with Crippen molar-refractivity contribution in [2.24, 2.45) is 5.92 Å². The Labute approximate surface area is 140 Å². The summed E-state index contributed by atoms with van der Waals surface area (Å²) in [4.78, 5) is 4.72. The lowest BCUT2D eigenvalue weighted by atomic mass is 9.66. The van der Waals surface area contributed by atoms with Crippen molar-refractivity contribution < 1.29 is 4.74 Å². The molecule has 1 aliphatic rings. The molecule has 0 radical (unpaired) electrons. The van der Waals surface area contributed by atoms with Crippen LogP contribution in [-0.4, -0.2) is 17.7 Å². The van der Waals surface area contributed by atoms with E-state index in [1.807, 2.05) is 0 Å². The summed E-state index contributed by atoms with van der Waals surface area (Å²) in [6.45, 7) is 12.2. The first kappa shape index (κ1) is 16.4. The van der Waals surface area contributed by atoms with Gasteiger partial charge in [0.05, 0.1) is 11.6 Å². The molecule has 0 saturated carbocycles. The predicted octanol–water partition coefficient (Wildman–Crippen LogP) is 5.20. The van der Waals surface area contributed by atoms with Gasteiger partial charge in [-0.2, -0.15) is 0 Å². The molecule has 3 atom stereocenters. The maximum Gasteiger partial charge on any atom is 0.0708 e. The standard InChI is InChI=1S/C21H29NO/c1-6-16-12-14(3)22-19-9-8-17(13-18(16)19)21(5)10-11-23-20(7-2)15(21)4/h8-9,12-13,15,20H,6-7,10-11H2,1-5H3. The molecule has 2 heteroatoms. The minimum atomic E-state index is 0.184. The number of nitrogens with zero attached hydrogens (tertiary/aromatic N) is 1. The fourth-order valence-electron chi connectivity index (χ4n) is 4.17. The molecule has 23 heavy (non-hydrogen) atoms. The highest BCUT2D eigenvalue weighted by atomic mass is 16.5. The van der Waals surface area contributed by atoms with Crippen molar-refractivity contribution in [1.82, 2.24) is 4.98 Å². The fraction of sp³-hybridized carbons (Fsp3) is 0.571. The zero-order valence-electron chi connectivity index (χ0n) is 15.1. The van der Waals surface area contributed by atoms with Gasteiger partial charge >= 0.3 is 0 Å². The van der Waals surface area contributed by atoms with E-state index in [0.29, 0.717) is 12.0 Å². The molecule has 0 N–H and O–H groups in total. The van der Waals surface area contributed by atoms with Gasteiger partial charge in [0.15, 0.2) is 0 Å². The molecular weight excluding hydrogens is 282 g/mol. The average molecular weight is 311 g/mol. The molecule has 1 saturated heterocycles. The van der Waals surface area contributed by atoms with Gasteiger partial charge in [0.1, 0.15) is 0 Å². The summed E-state index contributed by atoms with van der Waals surface area (Å²) in [6.07, 6.45) is 3.60. The van der Waals surface area contributed by atoms with Crippen LogP contribution in [0.4, 0.5) is 0 Å². The smallest absolute Gasteiger partial charge is 0.0708 e. The first-order chi connectivity index (χ1) is 11.0. The van der Waals surface area contributed by atoms with Crippen LogP contribution in [0.15, 0.2) is 24.3 Å². The van der Waals surface area contributed by atoms with Gasteiger partial charge in [-0.15, -0.1) is 0 Å². The first-order valence-corrected chi connectivity index (χ1v) is 9.02. The summed E-state index contributed by atoms with van der Waals surface area (Å²) in [5.74, 6) is 0.530. The van der Waals surface area contributed by atoms with Crippen molar-refractivity contribution in [3.8, 4) is 0 Å². The van der Waals surface area contributed by atoms with Crippen LogP contribution in [0.25, 0.3) is 10.9 Å². The molecule has 2 nitrogen and oxygen atoms in total. The van der Waals surface area contributed by atoms with Gasteiger partial charge in [-0.3, -0.25) is 4.98 Å². The van der Waals surface area contributed by atoms with Crippen molar-refractivity contribution >= 4 is 10.9 Å². The minimum Gasteiger partial charge on any atom is -0.378 e. The third-order valence-corrected chi connectivity index (χ3v) is 5.98. The zero-order chi connectivity index (χ0) is 16.6. The van der Waals surface area contributed by atoms with E-state index >= 15 is 0 Å². The Morgan fingerprint density at radius 1 is 1.26 bits per heavy atom. The number of rotatable bonds is 3. The SMILES string of the molecule is CCc1cc(C)nc2ccc(C3(C)CCOC(CC)C3C)cc12. The van der Waals surface area contributed by atoms with Gasteiger partial charge in [0.2, 0.25) is 0 Å². The highest BCUT2D eigenvalue weighted by Crippen LogP contribution is 2.43. The molecule has 2 aromatic rings. The zero-order valence-corrected chi connectivity index (χ0v) is 15.1. The van der Waals surface area contributed by atoms with Crippen LogP contribution in [-0.2, 0) is 16.6 Å². The molecule has 3 rings (SSSR count). The number of hydrogen-bond acceptors (Lipinski definition) is 2. The Morgan fingerprint density at radius 2 is 2.04 bits per heavy atom. The lowest BCUT2D eigenvalue weighted by Crippen LogP contribution is -2.44.